The first-order valence-electron chi connectivity index (χ1n) is 6.09. The van der Waals surface area contributed by atoms with Crippen LogP contribution in [0.25, 0.3) is 0 Å². The van der Waals surface area contributed by atoms with Crippen molar-refractivity contribution in [3.05, 3.63) is 0 Å². The largest absolute Gasteiger partial charge is 0.480 e. The maximum absolute atomic E-state index is 10.3. The molecule has 0 fully saturated rings. The molecule has 0 aromatic carbocycles. The first kappa shape index (κ1) is 26.5. The van der Waals surface area contributed by atoms with Gasteiger partial charge in [0.1, 0.15) is 18.1 Å². The fourth-order valence-electron chi connectivity index (χ4n) is 0.616. The van der Waals surface area contributed by atoms with Gasteiger partial charge in [-0.2, -0.15) is 8.42 Å². The zero-order chi connectivity index (χ0) is 20.2. The van der Waals surface area contributed by atoms with E-state index in [1.54, 1.807) is 0 Å². The maximum Gasteiger partial charge on any atom is 0.321 e. The van der Waals surface area contributed by atoms with Crippen LogP contribution in [0.5, 0.6) is 0 Å². The Bertz CT molecular complexity index is 522. The zero-order valence-corrected chi connectivity index (χ0v) is 15.8. The zero-order valence-electron chi connectivity index (χ0n) is 12.5. The topological polar surface area (TPSA) is 244 Å². The molecule has 3 unspecified atom stereocenters. The molecule has 0 saturated carbocycles. The molecular formula is C9H19N3O9S4. The van der Waals surface area contributed by atoms with Gasteiger partial charge < -0.3 is 32.5 Å². The SMILES string of the molecule is NC(CSS(=O)(=O)O)C(=O)O.NC(CSSCC(N)C(=O)O)C(=O)O. The first-order chi connectivity index (χ1) is 11.3. The lowest BCUT2D eigenvalue weighted by molar-refractivity contribution is -0.138. The van der Waals surface area contributed by atoms with Crippen LogP contribution in [0.2, 0.25) is 0 Å². The summed E-state index contributed by atoms with van der Waals surface area (Å²) in [4.78, 5) is 30.5. The van der Waals surface area contributed by atoms with Gasteiger partial charge in [-0.15, -0.1) is 0 Å². The van der Waals surface area contributed by atoms with Crippen LogP contribution in [-0.4, -0.2) is 81.6 Å². The lowest BCUT2D eigenvalue weighted by Crippen LogP contribution is -2.33. The third-order valence-electron chi connectivity index (χ3n) is 1.93. The molecule has 0 heterocycles. The summed E-state index contributed by atoms with van der Waals surface area (Å²) in [6.07, 6.45) is 0. The quantitative estimate of drug-likeness (QED) is 0.105. The Labute approximate surface area is 154 Å². The van der Waals surface area contributed by atoms with Crippen LogP contribution in [-0.2, 0) is 23.5 Å². The first-order valence-corrected chi connectivity index (χ1v) is 11.5. The molecule has 0 amide bonds. The van der Waals surface area contributed by atoms with Crippen molar-refractivity contribution in [2.24, 2.45) is 17.2 Å². The van der Waals surface area contributed by atoms with Crippen molar-refractivity contribution in [2.75, 3.05) is 17.3 Å². The van der Waals surface area contributed by atoms with E-state index in [1.165, 1.54) is 21.6 Å². The predicted molar refractivity (Wildman–Crippen MR) is 95.8 cm³/mol. The van der Waals surface area contributed by atoms with E-state index in [4.69, 9.17) is 37.1 Å². The van der Waals surface area contributed by atoms with Crippen molar-refractivity contribution in [3.63, 3.8) is 0 Å². The van der Waals surface area contributed by atoms with Crippen molar-refractivity contribution >= 4 is 59.4 Å². The van der Waals surface area contributed by atoms with Gasteiger partial charge in [-0.05, 0) is 10.8 Å². The fourth-order valence-corrected chi connectivity index (χ4v) is 4.26. The summed E-state index contributed by atoms with van der Waals surface area (Å²) in [6.45, 7) is 0. The number of carbonyl (C=O) groups is 3. The summed E-state index contributed by atoms with van der Waals surface area (Å²) in [5.74, 6) is -3.35. The Hall–Kier alpha value is -0.750. The number of hydrogen-bond donors (Lipinski definition) is 7. The molecule has 148 valence electrons. The molecule has 25 heavy (non-hydrogen) atoms. The van der Waals surface area contributed by atoms with Gasteiger partial charge in [0.2, 0.25) is 0 Å². The highest BCUT2D eigenvalue weighted by atomic mass is 33.1. The van der Waals surface area contributed by atoms with Crippen LogP contribution in [0.1, 0.15) is 0 Å². The molecule has 0 aromatic heterocycles. The molecule has 0 aromatic rings. The molecule has 0 aliphatic rings. The van der Waals surface area contributed by atoms with Crippen molar-refractivity contribution in [1.82, 2.24) is 0 Å². The Kier molecular flexibility index (Phi) is 14.2. The third kappa shape index (κ3) is 17.9. The highest BCUT2D eigenvalue weighted by Crippen LogP contribution is 2.22. The monoisotopic (exact) mass is 441 g/mol. The smallest absolute Gasteiger partial charge is 0.321 e. The van der Waals surface area contributed by atoms with Crippen LogP contribution in [0.4, 0.5) is 0 Å². The number of rotatable bonds is 11. The van der Waals surface area contributed by atoms with E-state index in [-0.39, 0.29) is 28.1 Å². The standard InChI is InChI=1S/C6H12N2O4S2.C3H7NO5S2/c7-3(5(9)10)1-13-14-2-4(8)6(11)12;4-2(3(5)6)1-10-11(7,8)9/h3-4H,1-2,7-8H2,(H,9,10)(H,11,12);2H,1,4H2,(H,5,6)(H,7,8,9). The molecule has 10 N–H and O–H groups in total. The van der Waals surface area contributed by atoms with Crippen LogP contribution in [0.3, 0.4) is 0 Å². The second kappa shape index (κ2) is 13.5. The Balaban J connectivity index is 0. The van der Waals surface area contributed by atoms with Gasteiger partial charge in [0, 0.05) is 17.3 Å². The minimum absolute atomic E-state index is 0.0919. The van der Waals surface area contributed by atoms with Gasteiger partial charge in [0.15, 0.2) is 0 Å². The second-order valence-corrected chi connectivity index (χ2v) is 10.1. The molecule has 0 aliphatic carbocycles. The second-order valence-electron chi connectivity index (χ2n) is 4.12. The molecular weight excluding hydrogens is 422 g/mol. The molecule has 0 saturated heterocycles. The average molecular weight is 442 g/mol. The highest BCUT2D eigenvalue weighted by Gasteiger charge is 2.16. The van der Waals surface area contributed by atoms with E-state index in [1.807, 2.05) is 0 Å². The van der Waals surface area contributed by atoms with E-state index in [0.29, 0.717) is 0 Å². The summed E-state index contributed by atoms with van der Waals surface area (Å²) in [5.41, 5.74) is 15.4. The van der Waals surface area contributed by atoms with E-state index in [9.17, 15) is 22.8 Å². The van der Waals surface area contributed by atoms with Gasteiger partial charge in [-0.1, -0.05) is 21.6 Å². The Morgan fingerprint density at radius 3 is 1.28 bits per heavy atom. The van der Waals surface area contributed by atoms with Gasteiger partial charge >= 0.3 is 27.1 Å². The summed E-state index contributed by atoms with van der Waals surface area (Å²) in [6, 6.07) is -3.12. The lowest BCUT2D eigenvalue weighted by atomic mass is 10.4. The third-order valence-corrected chi connectivity index (χ3v) is 6.50. The average Bonchev–Trinajstić information content (AvgIpc) is 2.48. The van der Waals surface area contributed by atoms with Gasteiger partial charge in [0.05, 0.1) is 0 Å². The summed E-state index contributed by atoms with van der Waals surface area (Å²) in [5, 5.41) is 25.0. The molecule has 16 heteroatoms. The molecule has 0 radical (unpaired) electrons. The molecule has 0 aliphatic heterocycles. The molecule has 3 atom stereocenters. The molecule has 0 bridgehead atoms. The van der Waals surface area contributed by atoms with Crippen LogP contribution in [0, 0.1) is 0 Å². The van der Waals surface area contributed by atoms with Crippen LogP contribution in [0.15, 0.2) is 0 Å². The summed E-state index contributed by atoms with van der Waals surface area (Å²) >= 11 is 0. The van der Waals surface area contributed by atoms with E-state index in [2.05, 4.69) is 0 Å². The fraction of sp³-hybridized carbons (Fsp3) is 0.667. The Morgan fingerprint density at radius 2 is 1.04 bits per heavy atom. The van der Waals surface area contributed by atoms with Crippen LogP contribution >= 0.6 is 32.4 Å². The predicted octanol–water partition coefficient (Wildman–Crippen LogP) is -1.87. The van der Waals surface area contributed by atoms with Crippen molar-refractivity contribution in [2.45, 2.75) is 18.1 Å². The van der Waals surface area contributed by atoms with Gasteiger partial charge in [0.25, 0.3) is 0 Å². The molecule has 0 spiro atoms. The molecule has 12 nitrogen and oxygen atoms in total. The minimum Gasteiger partial charge on any atom is -0.480 e. The number of carboxylic acid groups (broad SMARTS) is 3. The van der Waals surface area contributed by atoms with Gasteiger partial charge in [-0.25, -0.2) is 0 Å². The van der Waals surface area contributed by atoms with Crippen molar-refractivity contribution < 1.29 is 42.7 Å². The van der Waals surface area contributed by atoms with Crippen molar-refractivity contribution in [1.29, 1.82) is 0 Å². The van der Waals surface area contributed by atoms with E-state index in [0.717, 1.165) is 0 Å². The summed E-state index contributed by atoms with van der Waals surface area (Å²) in [7, 11) is -1.68. The maximum atomic E-state index is 10.3. The van der Waals surface area contributed by atoms with Crippen molar-refractivity contribution in [3.8, 4) is 0 Å². The van der Waals surface area contributed by atoms with E-state index >= 15 is 0 Å². The number of carboxylic acids is 3. The number of nitrogens with two attached hydrogens (primary N) is 3. The number of hydrogen-bond acceptors (Lipinski definition) is 11. The van der Waals surface area contributed by atoms with E-state index < -0.39 is 45.2 Å². The highest BCUT2D eigenvalue weighted by molar-refractivity contribution is 8.76. The molecule has 0 rings (SSSR count). The lowest BCUT2D eigenvalue weighted by Gasteiger charge is -2.07. The Morgan fingerprint density at radius 1 is 0.760 bits per heavy atom. The number of aliphatic carboxylic acids is 3. The normalized spacial score (nSPS) is 14.6. The van der Waals surface area contributed by atoms with Gasteiger partial charge in [-0.3, -0.25) is 18.9 Å². The van der Waals surface area contributed by atoms with Crippen LogP contribution < -0.4 is 17.2 Å². The summed E-state index contributed by atoms with van der Waals surface area (Å²) < 4.78 is 28.2. The minimum atomic E-state index is -4.18.